The van der Waals surface area contributed by atoms with Crippen LogP contribution in [0, 0.1) is 6.92 Å². The number of rotatable bonds is 3. The van der Waals surface area contributed by atoms with Crippen LogP contribution in [0.15, 0.2) is 12.1 Å². The Morgan fingerprint density at radius 2 is 1.93 bits per heavy atom. The number of hydrogen-bond acceptors (Lipinski definition) is 3. The van der Waals surface area contributed by atoms with Gasteiger partial charge in [-0.25, -0.2) is 8.42 Å². The fourth-order valence-corrected chi connectivity index (χ4v) is 4.19. The Bertz CT molecular complexity index is 446. The SMILES string of the molecule is Cc1ccc(C(Br)C(C)(C)S(C)(=O)=O)s1. The van der Waals surface area contributed by atoms with Crippen LogP contribution in [0.25, 0.3) is 0 Å². The molecule has 0 aromatic carbocycles. The first-order valence-corrected chi connectivity index (χ1v) is 8.18. The van der Waals surface area contributed by atoms with E-state index in [2.05, 4.69) is 15.9 Å². The highest BCUT2D eigenvalue weighted by atomic mass is 79.9. The number of thiophene rings is 1. The van der Waals surface area contributed by atoms with Crippen molar-refractivity contribution in [3.8, 4) is 0 Å². The lowest BCUT2D eigenvalue weighted by molar-refractivity contribution is 0.550. The van der Waals surface area contributed by atoms with Crippen molar-refractivity contribution in [2.24, 2.45) is 0 Å². The molecule has 0 aliphatic rings. The summed E-state index contributed by atoms with van der Waals surface area (Å²) in [7, 11) is -3.08. The first kappa shape index (κ1) is 13.2. The van der Waals surface area contributed by atoms with Crippen LogP contribution >= 0.6 is 27.3 Å². The van der Waals surface area contributed by atoms with Gasteiger partial charge in [0.05, 0.1) is 9.57 Å². The summed E-state index contributed by atoms with van der Waals surface area (Å²) in [6, 6.07) is 3.99. The highest BCUT2D eigenvalue weighted by Gasteiger charge is 2.39. The Kier molecular flexibility index (Phi) is 3.68. The van der Waals surface area contributed by atoms with Crippen LogP contribution in [-0.4, -0.2) is 19.4 Å². The number of hydrogen-bond donors (Lipinski definition) is 0. The standard InChI is InChI=1S/C10H15BrO2S2/c1-7-5-6-8(14-7)9(11)10(2,3)15(4,12)13/h5-6,9H,1-4H3. The molecular formula is C10H15BrO2S2. The summed E-state index contributed by atoms with van der Waals surface area (Å²) in [6.45, 7) is 5.51. The second-order valence-corrected chi connectivity index (χ2v) is 9.02. The second-order valence-electron chi connectivity index (χ2n) is 4.19. The summed E-state index contributed by atoms with van der Waals surface area (Å²) in [5.74, 6) is 0. The minimum atomic E-state index is -3.08. The lowest BCUT2D eigenvalue weighted by Gasteiger charge is -2.27. The fraction of sp³-hybridized carbons (Fsp3) is 0.600. The smallest absolute Gasteiger partial charge is 0.154 e. The van der Waals surface area contributed by atoms with Gasteiger partial charge >= 0.3 is 0 Å². The van der Waals surface area contributed by atoms with Gasteiger partial charge in [-0.05, 0) is 32.9 Å². The summed E-state index contributed by atoms with van der Waals surface area (Å²) >= 11 is 5.12. The third-order valence-corrected chi connectivity index (χ3v) is 8.03. The Hall–Kier alpha value is 0.130. The largest absolute Gasteiger partial charge is 0.229 e. The molecule has 0 N–H and O–H groups in total. The molecule has 1 aromatic rings. The van der Waals surface area contributed by atoms with Crippen LogP contribution in [0.5, 0.6) is 0 Å². The van der Waals surface area contributed by atoms with Gasteiger partial charge in [0.1, 0.15) is 0 Å². The van der Waals surface area contributed by atoms with Crippen LogP contribution in [0.2, 0.25) is 0 Å². The molecule has 0 fully saturated rings. The third kappa shape index (κ3) is 2.63. The van der Waals surface area contributed by atoms with E-state index >= 15 is 0 Å². The number of sulfone groups is 1. The molecule has 5 heteroatoms. The molecular weight excluding hydrogens is 296 g/mol. The van der Waals surface area contributed by atoms with Crippen molar-refractivity contribution >= 4 is 37.1 Å². The molecule has 0 amide bonds. The molecule has 1 aromatic heterocycles. The first-order chi connectivity index (χ1) is 6.66. The predicted molar refractivity (Wildman–Crippen MR) is 69.6 cm³/mol. The molecule has 0 spiro atoms. The Labute approximate surface area is 104 Å². The molecule has 2 nitrogen and oxygen atoms in total. The molecule has 86 valence electrons. The van der Waals surface area contributed by atoms with Crippen molar-refractivity contribution in [2.75, 3.05) is 6.26 Å². The zero-order chi connectivity index (χ0) is 11.9. The Morgan fingerprint density at radius 1 is 1.40 bits per heavy atom. The highest BCUT2D eigenvalue weighted by Crippen LogP contribution is 2.41. The van der Waals surface area contributed by atoms with E-state index in [0.717, 1.165) is 4.88 Å². The van der Waals surface area contributed by atoms with Crippen LogP contribution in [0.4, 0.5) is 0 Å². The molecule has 0 aliphatic heterocycles. The first-order valence-electron chi connectivity index (χ1n) is 4.56. The van der Waals surface area contributed by atoms with E-state index in [9.17, 15) is 8.42 Å². The van der Waals surface area contributed by atoms with Crippen molar-refractivity contribution in [3.63, 3.8) is 0 Å². The van der Waals surface area contributed by atoms with Crippen molar-refractivity contribution < 1.29 is 8.42 Å². The maximum absolute atomic E-state index is 11.6. The van der Waals surface area contributed by atoms with Crippen molar-refractivity contribution in [3.05, 3.63) is 21.9 Å². The minimum Gasteiger partial charge on any atom is -0.229 e. The van der Waals surface area contributed by atoms with Crippen molar-refractivity contribution in [1.29, 1.82) is 0 Å². The van der Waals surface area contributed by atoms with Gasteiger partial charge in [-0.15, -0.1) is 11.3 Å². The Morgan fingerprint density at radius 3 is 2.27 bits per heavy atom. The highest BCUT2D eigenvalue weighted by molar-refractivity contribution is 9.09. The number of alkyl halides is 1. The average Bonchev–Trinajstić information content (AvgIpc) is 2.48. The van der Waals surface area contributed by atoms with E-state index in [1.807, 2.05) is 19.1 Å². The van der Waals surface area contributed by atoms with E-state index in [1.165, 1.54) is 11.1 Å². The van der Waals surface area contributed by atoms with E-state index in [-0.39, 0.29) is 4.83 Å². The number of aryl methyl sites for hydroxylation is 1. The quantitative estimate of drug-likeness (QED) is 0.803. The van der Waals surface area contributed by atoms with Gasteiger partial charge in [-0.1, -0.05) is 15.9 Å². The normalized spacial score (nSPS) is 15.3. The van der Waals surface area contributed by atoms with Gasteiger partial charge in [0, 0.05) is 16.0 Å². The topological polar surface area (TPSA) is 34.1 Å². The summed E-state index contributed by atoms with van der Waals surface area (Å²) in [5.41, 5.74) is 0. The molecule has 0 aliphatic carbocycles. The van der Waals surface area contributed by atoms with Gasteiger partial charge in [0.2, 0.25) is 0 Å². The number of halogens is 1. The predicted octanol–water partition coefficient (Wildman–Crippen LogP) is 3.32. The lowest BCUT2D eigenvalue weighted by atomic mass is 10.1. The average molecular weight is 311 g/mol. The lowest BCUT2D eigenvalue weighted by Crippen LogP contribution is -2.34. The molecule has 0 saturated carbocycles. The van der Waals surface area contributed by atoms with E-state index in [4.69, 9.17) is 0 Å². The van der Waals surface area contributed by atoms with Gasteiger partial charge in [0.15, 0.2) is 9.84 Å². The van der Waals surface area contributed by atoms with Gasteiger partial charge in [0.25, 0.3) is 0 Å². The van der Waals surface area contributed by atoms with E-state index < -0.39 is 14.6 Å². The van der Waals surface area contributed by atoms with Gasteiger partial charge in [-0.3, -0.25) is 0 Å². The summed E-state index contributed by atoms with van der Waals surface area (Å²) < 4.78 is 22.5. The third-order valence-electron chi connectivity index (χ3n) is 2.58. The van der Waals surface area contributed by atoms with Crippen LogP contribution in [0.1, 0.15) is 28.4 Å². The van der Waals surface area contributed by atoms with Gasteiger partial charge in [-0.2, -0.15) is 0 Å². The molecule has 0 saturated heterocycles. The molecule has 1 rings (SSSR count). The summed E-state index contributed by atoms with van der Waals surface area (Å²) in [5, 5.41) is 0. The molecule has 0 radical (unpaired) electrons. The molecule has 1 unspecified atom stereocenters. The van der Waals surface area contributed by atoms with Crippen molar-refractivity contribution in [2.45, 2.75) is 30.3 Å². The summed E-state index contributed by atoms with van der Waals surface area (Å²) in [4.78, 5) is 2.10. The molecule has 1 heterocycles. The molecule has 15 heavy (non-hydrogen) atoms. The zero-order valence-electron chi connectivity index (χ0n) is 9.24. The second kappa shape index (κ2) is 4.18. The van der Waals surface area contributed by atoms with Gasteiger partial charge < -0.3 is 0 Å². The van der Waals surface area contributed by atoms with Crippen molar-refractivity contribution in [1.82, 2.24) is 0 Å². The Balaban J connectivity index is 3.10. The van der Waals surface area contributed by atoms with Crippen LogP contribution in [0.3, 0.4) is 0 Å². The zero-order valence-corrected chi connectivity index (χ0v) is 12.5. The maximum Gasteiger partial charge on any atom is 0.154 e. The fourth-order valence-electron chi connectivity index (χ4n) is 1.12. The summed E-state index contributed by atoms with van der Waals surface area (Å²) in [6.07, 6.45) is 1.28. The van der Waals surface area contributed by atoms with Crippen LogP contribution < -0.4 is 0 Å². The maximum atomic E-state index is 11.6. The minimum absolute atomic E-state index is 0.154. The molecule has 0 bridgehead atoms. The van der Waals surface area contributed by atoms with E-state index in [1.54, 1.807) is 25.2 Å². The van der Waals surface area contributed by atoms with E-state index in [0.29, 0.717) is 0 Å². The van der Waals surface area contributed by atoms with Crippen LogP contribution in [-0.2, 0) is 9.84 Å². The molecule has 1 atom stereocenters. The monoisotopic (exact) mass is 310 g/mol.